The van der Waals surface area contributed by atoms with Gasteiger partial charge in [-0.25, -0.2) is 12.8 Å². The van der Waals surface area contributed by atoms with E-state index in [1.54, 1.807) is 24.3 Å². The lowest BCUT2D eigenvalue weighted by atomic mass is 10.1. The molecule has 7 nitrogen and oxygen atoms in total. The summed E-state index contributed by atoms with van der Waals surface area (Å²) in [6.07, 6.45) is -0.330. The molecule has 0 saturated heterocycles. The first-order chi connectivity index (χ1) is 14.8. The molecule has 3 aromatic carbocycles. The quantitative estimate of drug-likeness (QED) is 0.470. The van der Waals surface area contributed by atoms with Gasteiger partial charge in [0.2, 0.25) is 21.8 Å². The van der Waals surface area contributed by atoms with Gasteiger partial charge in [0.15, 0.2) is 0 Å². The van der Waals surface area contributed by atoms with Crippen LogP contribution in [0.25, 0.3) is 10.8 Å². The predicted octanol–water partition coefficient (Wildman–Crippen LogP) is 2.21. The standard InChI is InChI=1S/C22H22FN3O4S/c23-19-8-4-3-7-17(19)14-25-22(28)20(11-12-21(24)27)26-31(29,30)18-10-9-15-5-1-2-6-16(15)13-18/h1-10,13,20,26H,11-12,14H2,(H2,24,27)(H,25,28). The van der Waals surface area contributed by atoms with Gasteiger partial charge in [0, 0.05) is 18.5 Å². The van der Waals surface area contributed by atoms with Gasteiger partial charge in [-0.1, -0.05) is 48.5 Å². The second-order valence-corrected chi connectivity index (χ2v) is 8.71. The van der Waals surface area contributed by atoms with Crippen LogP contribution in [0.5, 0.6) is 0 Å². The van der Waals surface area contributed by atoms with E-state index in [1.807, 2.05) is 12.1 Å². The van der Waals surface area contributed by atoms with Crippen molar-refractivity contribution in [2.45, 2.75) is 30.3 Å². The average Bonchev–Trinajstić information content (AvgIpc) is 2.75. The van der Waals surface area contributed by atoms with E-state index >= 15 is 0 Å². The summed E-state index contributed by atoms with van der Waals surface area (Å²) in [4.78, 5) is 23.8. The maximum atomic E-state index is 13.8. The Morgan fingerprint density at radius 3 is 2.35 bits per heavy atom. The van der Waals surface area contributed by atoms with Gasteiger partial charge in [0.05, 0.1) is 4.90 Å². The van der Waals surface area contributed by atoms with Crippen LogP contribution < -0.4 is 15.8 Å². The van der Waals surface area contributed by atoms with Crippen LogP contribution in [-0.4, -0.2) is 26.3 Å². The summed E-state index contributed by atoms with van der Waals surface area (Å²) in [6, 6.07) is 16.5. The van der Waals surface area contributed by atoms with Crippen LogP contribution in [0.15, 0.2) is 71.6 Å². The second kappa shape index (κ2) is 9.67. The normalized spacial score (nSPS) is 12.4. The molecule has 0 aromatic heterocycles. The number of nitrogens with one attached hydrogen (secondary N) is 2. The lowest BCUT2D eigenvalue weighted by molar-refractivity contribution is -0.123. The van der Waals surface area contributed by atoms with Gasteiger partial charge in [0.25, 0.3) is 0 Å². The highest BCUT2D eigenvalue weighted by Crippen LogP contribution is 2.19. The largest absolute Gasteiger partial charge is 0.370 e. The Bertz CT molecular complexity index is 1210. The monoisotopic (exact) mass is 443 g/mol. The van der Waals surface area contributed by atoms with E-state index in [0.717, 1.165) is 10.8 Å². The van der Waals surface area contributed by atoms with Gasteiger partial charge in [-0.15, -0.1) is 0 Å². The molecule has 4 N–H and O–H groups in total. The predicted molar refractivity (Wildman–Crippen MR) is 115 cm³/mol. The number of nitrogens with two attached hydrogens (primary N) is 1. The van der Waals surface area contributed by atoms with Crippen molar-refractivity contribution >= 4 is 32.6 Å². The minimum absolute atomic E-state index is 0.0165. The molecule has 0 heterocycles. The SMILES string of the molecule is NC(=O)CCC(NS(=O)(=O)c1ccc2ccccc2c1)C(=O)NCc1ccccc1F. The molecule has 1 unspecified atom stereocenters. The highest BCUT2D eigenvalue weighted by molar-refractivity contribution is 7.89. The number of carbonyl (C=O) groups excluding carboxylic acids is 2. The molecular formula is C22H22FN3O4S. The number of halogens is 1. The molecule has 1 atom stereocenters. The van der Waals surface area contributed by atoms with E-state index in [-0.39, 0.29) is 29.8 Å². The van der Waals surface area contributed by atoms with E-state index < -0.39 is 33.7 Å². The zero-order valence-electron chi connectivity index (χ0n) is 16.5. The van der Waals surface area contributed by atoms with Crippen LogP contribution in [0.3, 0.4) is 0 Å². The highest BCUT2D eigenvalue weighted by Gasteiger charge is 2.26. The van der Waals surface area contributed by atoms with E-state index in [2.05, 4.69) is 10.0 Å². The number of hydrogen-bond donors (Lipinski definition) is 3. The number of carbonyl (C=O) groups is 2. The summed E-state index contributed by atoms with van der Waals surface area (Å²) in [6.45, 7) is -0.129. The summed E-state index contributed by atoms with van der Waals surface area (Å²) < 4.78 is 41.9. The van der Waals surface area contributed by atoms with Crippen LogP contribution in [0.1, 0.15) is 18.4 Å². The molecule has 9 heteroatoms. The van der Waals surface area contributed by atoms with Gasteiger partial charge in [0.1, 0.15) is 11.9 Å². The number of sulfonamides is 1. The van der Waals surface area contributed by atoms with Crippen molar-refractivity contribution in [1.82, 2.24) is 10.0 Å². The zero-order valence-corrected chi connectivity index (χ0v) is 17.4. The van der Waals surface area contributed by atoms with Crippen LogP contribution >= 0.6 is 0 Å². The minimum atomic E-state index is -4.07. The molecular weight excluding hydrogens is 421 g/mol. The van der Waals surface area contributed by atoms with Crippen molar-refractivity contribution in [2.75, 3.05) is 0 Å². The van der Waals surface area contributed by atoms with E-state index in [9.17, 15) is 22.4 Å². The number of benzene rings is 3. The first-order valence-corrected chi connectivity index (χ1v) is 11.0. The lowest BCUT2D eigenvalue weighted by Gasteiger charge is -2.18. The maximum Gasteiger partial charge on any atom is 0.241 e. The number of rotatable bonds is 9. The van der Waals surface area contributed by atoms with Crippen molar-refractivity contribution in [1.29, 1.82) is 0 Å². The fourth-order valence-electron chi connectivity index (χ4n) is 3.07. The van der Waals surface area contributed by atoms with Crippen LogP contribution in [-0.2, 0) is 26.2 Å². The molecule has 31 heavy (non-hydrogen) atoms. The molecule has 0 spiro atoms. The molecule has 3 aromatic rings. The zero-order chi connectivity index (χ0) is 22.4. The van der Waals surface area contributed by atoms with Gasteiger partial charge in [-0.05, 0) is 35.4 Å². The Balaban J connectivity index is 1.78. The van der Waals surface area contributed by atoms with Gasteiger partial charge >= 0.3 is 0 Å². The molecule has 3 rings (SSSR count). The molecule has 0 aliphatic heterocycles. The third-order valence-corrected chi connectivity index (χ3v) is 6.20. The van der Waals surface area contributed by atoms with Crippen LogP contribution in [0.2, 0.25) is 0 Å². The molecule has 0 aliphatic rings. The second-order valence-electron chi connectivity index (χ2n) is 7.00. The van der Waals surface area contributed by atoms with Crippen molar-refractivity contribution in [2.24, 2.45) is 5.73 Å². The minimum Gasteiger partial charge on any atom is -0.370 e. The number of amides is 2. The third-order valence-electron chi connectivity index (χ3n) is 4.74. The molecule has 2 amide bonds. The highest BCUT2D eigenvalue weighted by atomic mass is 32.2. The van der Waals surface area contributed by atoms with Crippen LogP contribution in [0.4, 0.5) is 4.39 Å². The van der Waals surface area contributed by atoms with E-state index in [0.29, 0.717) is 0 Å². The Morgan fingerprint density at radius 1 is 0.968 bits per heavy atom. The number of hydrogen-bond acceptors (Lipinski definition) is 4. The summed E-state index contributed by atoms with van der Waals surface area (Å²) in [5.74, 6) is -1.85. The fourth-order valence-corrected chi connectivity index (χ4v) is 4.33. The summed E-state index contributed by atoms with van der Waals surface area (Å²) >= 11 is 0. The molecule has 0 fully saturated rings. The number of primary amides is 1. The van der Waals surface area contributed by atoms with E-state index in [4.69, 9.17) is 5.73 Å². The third kappa shape index (κ3) is 5.87. The van der Waals surface area contributed by atoms with Crippen molar-refractivity contribution in [3.63, 3.8) is 0 Å². The van der Waals surface area contributed by atoms with E-state index in [1.165, 1.54) is 30.3 Å². The fraction of sp³-hybridized carbons (Fsp3) is 0.182. The molecule has 0 saturated carbocycles. The summed E-state index contributed by atoms with van der Waals surface area (Å²) in [5, 5.41) is 4.10. The Labute approximate surface area is 179 Å². The van der Waals surface area contributed by atoms with Crippen molar-refractivity contribution in [3.8, 4) is 0 Å². The Kier molecular flexibility index (Phi) is 6.98. The van der Waals surface area contributed by atoms with Crippen LogP contribution in [0, 0.1) is 5.82 Å². The van der Waals surface area contributed by atoms with Gasteiger partial charge in [-0.2, -0.15) is 4.72 Å². The van der Waals surface area contributed by atoms with Gasteiger partial charge < -0.3 is 11.1 Å². The first kappa shape index (κ1) is 22.4. The number of fused-ring (bicyclic) bond motifs is 1. The summed E-state index contributed by atoms with van der Waals surface area (Å²) in [7, 11) is -4.07. The van der Waals surface area contributed by atoms with Gasteiger partial charge in [-0.3, -0.25) is 9.59 Å². The smallest absolute Gasteiger partial charge is 0.241 e. The average molecular weight is 444 g/mol. The molecule has 0 bridgehead atoms. The molecule has 0 aliphatic carbocycles. The Morgan fingerprint density at radius 2 is 1.65 bits per heavy atom. The summed E-state index contributed by atoms with van der Waals surface area (Å²) in [5.41, 5.74) is 5.42. The first-order valence-electron chi connectivity index (χ1n) is 9.57. The molecule has 0 radical (unpaired) electrons. The van der Waals surface area contributed by atoms with Crippen molar-refractivity contribution < 1.29 is 22.4 Å². The van der Waals surface area contributed by atoms with Crippen molar-refractivity contribution in [3.05, 3.63) is 78.1 Å². The molecule has 162 valence electrons. The maximum absolute atomic E-state index is 13.8. The Hall–Kier alpha value is -3.30. The topological polar surface area (TPSA) is 118 Å². The lowest BCUT2D eigenvalue weighted by Crippen LogP contribution is -2.46.